The van der Waals surface area contributed by atoms with E-state index < -0.39 is 17.3 Å². The average Bonchev–Trinajstić information content (AvgIpc) is 2.41. The summed E-state index contributed by atoms with van der Waals surface area (Å²) in [4.78, 5) is 11.2. The summed E-state index contributed by atoms with van der Waals surface area (Å²) >= 11 is 0. The lowest BCUT2D eigenvalue weighted by Gasteiger charge is -2.27. The summed E-state index contributed by atoms with van der Waals surface area (Å²) in [5, 5.41) is 12.1. The third kappa shape index (κ3) is 3.92. The number of carboxylic acid groups (broad SMARTS) is 1. The number of hydrogen-bond acceptors (Lipinski definition) is 3. The molecule has 0 aromatic heterocycles. The molecular weight excluding hydrogens is 249 g/mol. The Morgan fingerprint density at radius 2 is 2.16 bits per heavy atom. The van der Waals surface area contributed by atoms with E-state index >= 15 is 0 Å². The zero-order chi connectivity index (χ0) is 14.3. The van der Waals surface area contributed by atoms with Gasteiger partial charge in [0, 0.05) is 0 Å². The molecule has 0 heterocycles. The van der Waals surface area contributed by atoms with E-state index in [0.717, 1.165) is 0 Å². The maximum atomic E-state index is 13.3. The van der Waals surface area contributed by atoms with E-state index in [9.17, 15) is 14.3 Å². The van der Waals surface area contributed by atoms with Gasteiger partial charge in [-0.2, -0.15) is 0 Å². The van der Waals surface area contributed by atoms with E-state index in [1.807, 2.05) is 6.92 Å². The lowest BCUT2D eigenvalue weighted by Crippen LogP contribution is -2.50. The number of hydrogen-bond donors (Lipinski definition) is 2. The van der Waals surface area contributed by atoms with E-state index in [0.29, 0.717) is 19.3 Å². The van der Waals surface area contributed by atoms with Crippen LogP contribution in [0.15, 0.2) is 24.3 Å². The first-order chi connectivity index (χ1) is 9.05. The van der Waals surface area contributed by atoms with Crippen molar-refractivity contribution in [3.8, 4) is 5.75 Å². The summed E-state index contributed by atoms with van der Waals surface area (Å²) in [7, 11) is 1.63. The van der Waals surface area contributed by atoms with Gasteiger partial charge in [-0.25, -0.2) is 4.39 Å². The van der Waals surface area contributed by atoms with Crippen LogP contribution >= 0.6 is 0 Å². The zero-order valence-electron chi connectivity index (χ0n) is 11.3. The number of likely N-dealkylation sites (N-methyl/N-ethyl adjacent to an activating group) is 1. The molecule has 1 aromatic carbocycles. The largest absolute Gasteiger partial charge is 0.491 e. The highest BCUT2D eigenvalue weighted by atomic mass is 19.1. The molecule has 1 atom stereocenters. The van der Waals surface area contributed by atoms with Crippen LogP contribution in [0.3, 0.4) is 0 Å². The third-order valence-corrected chi connectivity index (χ3v) is 3.33. The van der Waals surface area contributed by atoms with E-state index in [4.69, 9.17) is 4.74 Å². The summed E-state index contributed by atoms with van der Waals surface area (Å²) in [6.45, 7) is 2.11. The van der Waals surface area contributed by atoms with Gasteiger partial charge in [0.1, 0.15) is 5.54 Å². The quantitative estimate of drug-likeness (QED) is 0.712. The predicted molar refractivity (Wildman–Crippen MR) is 70.8 cm³/mol. The molecule has 106 valence electrons. The molecule has 0 amide bonds. The predicted octanol–water partition coefficient (Wildman–Crippen LogP) is 2.44. The lowest BCUT2D eigenvalue weighted by atomic mass is 9.91. The van der Waals surface area contributed by atoms with Gasteiger partial charge < -0.3 is 15.2 Å². The molecule has 0 saturated heterocycles. The molecule has 0 aliphatic carbocycles. The summed E-state index contributed by atoms with van der Waals surface area (Å²) in [6.07, 6.45) is 1.46. The van der Waals surface area contributed by atoms with Gasteiger partial charge in [-0.15, -0.1) is 0 Å². The number of aliphatic carboxylic acids is 1. The van der Waals surface area contributed by atoms with Crippen molar-refractivity contribution in [1.82, 2.24) is 5.32 Å². The van der Waals surface area contributed by atoms with Crippen molar-refractivity contribution >= 4 is 5.97 Å². The van der Waals surface area contributed by atoms with E-state index in [-0.39, 0.29) is 12.4 Å². The second kappa shape index (κ2) is 7.09. The second-order valence-corrected chi connectivity index (χ2v) is 4.37. The number of ether oxygens (including phenoxy) is 1. The minimum atomic E-state index is -0.932. The number of halogens is 1. The van der Waals surface area contributed by atoms with Crippen LogP contribution in [-0.4, -0.2) is 30.3 Å². The Labute approximate surface area is 112 Å². The molecule has 0 aliphatic rings. The molecular formula is C14H20FNO3. The number of carboxylic acids is 1. The molecule has 2 N–H and O–H groups in total. The van der Waals surface area contributed by atoms with Crippen molar-refractivity contribution in [3.63, 3.8) is 0 Å². The van der Waals surface area contributed by atoms with Crippen LogP contribution in [0.2, 0.25) is 0 Å². The first kappa shape index (κ1) is 15.4. The summed E-state index contributed by atoms with van der Waals surface area (Å²) in [6, 6.07) is 6.17. The molecule has 19 heavy (non-hydrogen) atoms. The molecule has 0 saturated carbocycles. The Bertz CT molecular complexity index is 419. The number of para-hydroxylation sites is 1. The number of rotatable bonds is 8. The van der Waals surface area contributed by atoms with Gasteiger partial charge in [-0.05, 0) is 38.4 Å². The van der Waals surface area contributed by atoms with Crippen LogP contribution in [0.4, 0.5) is 4.39 Å². The van der Waals surface area contributed by atoms with Gasteiger partial charge in [-0.1, -0.05) is 19.1 Å². The van der Waals surface area contributed by atoms with Crippen molar-refractivity contribution in [1.29, 1.82) is 0 Å². The Hall–Kier alpha value is -1.62. The fourth-order valence-electron chi connectivity index (χ4n) is 1.96. The van der Waals surface area contributed by atoms with E-state index in [1.54, 1.807) is 25.2 Å². The summed E-state index contributed by atoms with van der Waals surface area (Å²) in [5.41, 5.74) is -0.932. The molecule has 1 aromatic rings. The second-order valence-electron chi connectivity index (χ2n) is 4.37. The number of benzene rings is 1. The highest BCUT2D eigenvalue weighted by Gasteiger charge is 2.34. The Kier molecular flexibility index (Phi) is 5.76. The topological polar surface area (TPSA) is 58.6 Å². The van der Waals surface area contributed by atoms with E-state index in [1.165, 1.54) is 6.07 Å². The average molecular weight is 269 g/mol. The minimum absolute atomic E-state index is 0.199. The number of carbonyl (C=O) groups is 1. The van der Waals surface area contributed by atoms with Crippen molar-refractivity contribution in [2.45, 2.75) is 31.7 Å². The van der Waals surface area contributed by atoms with Crippen molar-refractivity contribution in [2.24, 2.45) is 0 Å². The zero-order valence-corrected chi connectivity index (χ0v) is 11.3. The van der Waals surface area contributed by atoms with Gasteiger partial charge in [-0.3, -0.25) is 4.79 Å². The van der Waals surface area contributed by atoms with Crippen molar-refractivity contribution < 1.29 is 19.0 Å². The lowest BCUT2D eigenvalue weighted by molar-refractivity contribution is -0.145. The first-order valence-corrected chi connectivity index (χ1v) is 6.35. The molecule has 0 bridgehead atoms. The van der Waals surface area contributed by atoms with Gasteiger partial charge >= 0.3 is 5.97 Å². The van der Waals surface area contributed by atoms with Crippen molar-refractivity contribution in [2.75, 3.05) is 13.7 Å². The van der Waals surface area contributed by atoms with Crippen LogP contribution in [0.1, 0.15) is 26.2 Å². The number of nitrogens with one attached hydrogen (secondary N) is 1. The Balaban J connectivity index is 2.46. The van der Waals surface area contributed by atoms with Crippen LogP contribution < -0.4 is 10.1 Å². The highest BCUT2D eigenvalue weighted by molar-refractivity contribution is 5.78. The molecule has 1 unspecified atom stereocenters. The molecule has 0 aliphatic heterocycles. The molecule has 0 radical (unpaired) electrons. The monoisotopic (exact) mass is 269 g/mol. The standard InChI is InChI=1S/C14H20FNO3/c1-3-14(16-2,13(17)18)9-6-10-19-12-8-5-4-7-11(12)15/h4-5,7-8,16H,3,6,9-10H2,1-2H3,(H,17,18). The fraction of sp³-hybridized carbons (Fsp3) is 0.500. The molecule has 1 rings (SSSR count). The smallest absolute Gasteiger partial charge is 0.323 e. The maximum Gasteiger partial charge on any atom is 0.323 e. The summed E-state index contributed by atoms with van der Waals surface area (Å²) < 4.78 is 18.6. The van der Waals surface area contributed by atoms with Crippen molar-refractivity contribution in [3.05, 3.63) is 30.1 Å². The van der Waals surface area contributed by atoms with Crippen LogP contribution in [0, 0.1) is 5.82 Å². The maximum absolute atomic E-state index is 13.3. The van der Waals surface area contributed by atoms with Gasteiger partial charge in [0.25, 0.3) is 0 Å². The minimum Gasteiger partial charge on any atom is -0.491 e. The SMILES string of the molecule is CCC(CCCOc1ccccc1F)(NC)C(=O)O. The van der Waals surface area contributed by atoms with Gasteiger partial charge in [0.15, 0.2) is 11.6 Å². The Morgan fingerprint density at radius 1 is 1.47 bits per heavy atom. The third-order valence-electron chi connectivity index (χ3n) is 3.33. The van der Waals surface area contributed by atoms with Gasteiger partial charge in [0.05, 0.1) is 6.61 Å². The van der Waals surface area contributed by atoms with Crippen LogP contribution in [0.25, 0.3) is 0 Å². The fourth-order valence-corrected chi connectivity index (χ4v) is 1.96. The van der Waals surface area contributed by atoms with Crippen LogP contribution in [-0.2, 0) is 4.79 Å². The Morgan fingerprint density at radius 3 is 2.68 bits per heavy atom. The molecule has 0 fully saturated rings. The molecule has 4 nitrogen and oxygen atoms in total. The normalized spacial score (nSPS) is 13.8. The highest BCUT2D eigenvalue weighted by Crippen LogP contribution is 2.19. The first-order valence-electron chi connectivity index (χ1n) is 6.35. The molecule has 0 spiro atoms. The van der Waals surface area contributed by atoms with E-state index in [2.05, 4.69) is 5.32 Å². The summed E-state index contributed by atoms with van der Waals surface area (Å²) in [5.74, 6) is -1.08. The van der Waals surface area contributed by atoms with Gasteiger partial charge in [0.2, 0.25) is 0 Å². The molecule has 5 heteroatoms. The van der Waals surface area contributed by atoms with Crippen LogP contribution in [0.5, 0.6) is 5.75 Å².